The Morgan fingerprint density at radius 1 is 1.50 bits per heavy atom. The first-order valence-corrected chi connectivity index (χ1v) is 7.25. The molecule has 1 heterocycles. The van der Waals surface area contributed by atoms with Crippen molar-refractivity contribution >= 4 is 11.6 Å². The van der Waals surface area contributed by atoms with E-state index >= 15 is 0 Å². The van der Waals surface area contributed by atoms with E-state index in [0.29, 0.717) is 13.2 Å². The van der Waals surface area contributed by atoms with Crippen LogP contribution < -0.4 is 5.73 Å². The average molecular weight is 276 g/mol. The first kappa shape index (κ1) is 14.9. The quantitative estimate of drug-likeness (QED) is 0.859. The molecule has 0 aromatic heterocycles. The van der Waals surface area contributed by atoms with E-state index in [-0.39, 0.29) is 24.0 Å². The van der Waals surface area contributed by atoms with Crippen LogP contribution in [0.25, 0.3) is 0 Å². The molecule has 4 heteroatoms. The van der Waals surface area contributed by atoms with Gasteiger partial charge in [0, 0.05) is 24.9 Å². The van der Waals surface area contributed by atoms with Crippen molar-refractivity contribution in [3.8, 4) is 0 Å². The molecule has 2 N–H and O–H groups in total. The third kappa shape index (κ3) is 3.31. The van der Waals surface area contributed by atoms with Crippen LogP contribution in [0.4, 0.5) is 5.69 Å². The number of rotatable bonds is 4. The maximum Gasteiger partial charge on any atom is 0.228 e. The summed E-state index contributed by atoms with van der Waals surface area (Å²) in [4.78, 5) is 14.6. The van der Waals surface area contributed by atoms with Gasteiger partial charge in [-0.15, -0.1) is 0 Å². The molecule has 110 valence electrons. The molecular weight excluding hydrogens is 252 g/mol. The fourth-order valence-electron chi connectivity index (χ4n) is 2.67. The minimum atomic E-state index is -0.0153. The highest BCUT2D eigenvalue weighted by Crippen LogP contribution is 2.25. The van der Waals surface area contributed by atoms with E-state index in [4.69, 9.17) is 10.5 Å². The summed E-state index contributed by atoms with van der Waals surface area (Å²) in [5, 5.41) is 0. The van der Waals surface area contributed by atoms with E-state index in [1.807, 2.05) is 49.9 Å². The van der Waals surface area contributed by atoms with Gasteiger partial charge in [0.1, 0.15) is 0 Å². The molecule has 1 saturated heterocycles. The number of nitrogen functional groups attached to an aromatic ring is 1. The van der Waals surface area contributed by atoms with E-state index in [1.165, 1.54) is 0 Å². The van der Waals surface area contributed by atoms with E-state index in [2.05, 4.69) is 0 Å². The zero-order chi connectivity index (χ0) is 14.7. The lowest BCUT2D eigenvalue weighted by molar-refractivity contribution is -0.139. The third-order valence-electron chi connectivity index (χ3n) is 3.90. The van der Waals surface area contributed by atoms with Gasteiger partial charge in [-0.25, -0.2) is 0 Å². The van der Waals surface area contributed by atoms with Gasteiger partial charge < -0.3 is 15.4 Å². The van der Waals surface area contributed by atoms with Crippen LogP contribution in [0.3, 0.4) is 0 Å². The molecule has 1 fully saturated rings. The predicted octanol–water partition coefficient (Wildman–Crippen LogP) is 2.43. The van der Waals surface area contributed by atoms with Gasteiger partial charge in [-0.1, -0.05) is 12.1 Å². The van der Waals surface area contributed by atoms with Crippen LogP contribution in [0.5, 0.6) is 0 Å². The summed E-state index contributed by atoms with van der Waals surface area (Å²) in [5.74, 6) is 0.172. The smallest absolute Gasteiger partial charge is 0.228 e. The van der Waals surface area contributed by atoms with Gasteiger partial charge >= 0.3 is 0 Å². The van der Waals surface area contributed by atoms with Gasteiger partial charge in [0.25, 0.3) is 0 Å². The lowest BCUT2D eigenvalue weighted by Crippen LogP contribution is -2.42. The summed E-state index contributed by atoms with van der Waals surface area (Å²) < 4.78 is 5.52. The Morgan fingerprint density at radius 3 is 2.80 bits per heavy atom. The molecule has 2 atom stereocenters. The molecule has 0 aliphatic carbocycles. The summed E-state index contributed by atoms with van der Waals surface area (Å²) in [5.41, 5.74) is 7.61. The van der Waals surface area contributed by atoms with Crippen LogP contribution >= 0.6 is 0 Å². The molecular formula is C16H24N2O2. The highest BCUT2D eigenvalue weighted by atomic mass is 16.5. The molecule has 1 aliphatic rings. The Balaban J connectivity index is 2.12. The molecule has 0 radical (unpaired) electrons. The van der Waals surface area contributed by atoms with Crippen molar-refractivity contribution in [3.63, 3.8) is 0 Å². The van der Waals surface area contributed by atoms with Gasteiger partial charge in [0.05, 0.1) is 12.0 Å². The summed E-state index contributed by atoms with van der Waals surface area (Å²) in [6.07, 6.45) is 0.838. The topological polar surface area (TPSA) is 55.6 Å². The van der Waals surface area contributed by atoms with Gasteiger partial charge in [0.15, 0.2) is 0 Å². The van der Waals surface area contributed by atoms with Crippen LogP contribution in [0, 0.1) is 5.92 Å². The predicted molar refractivity (Wildman–Crippen MR) is 80.1 cm³/mol. The zero-order valence-corrected chi connectivity index (χ0v) is 12.5. The van der Waals surface area contributed by atoms with Crippen molar-refractivity contribution in [2.75, 3.05) is 12.3 Å². The molecule has 1 amide bonds. The maximum atomic E-state index is 12.7. The van der Waals surface area contributed by atoms with Gasteiger partial charge in [0.2, 0.25) is 5.91 Å². The van der Waals surface area contributed by atoms with E-state index < -0.39 is 0 Å². The molecule has 1 aromatic rings. The number of amides is 1. The van der Waals surface area contributed by atoms with Crippen LogP contribution in [0.1, 0.15) is 32.8 Å². The zero-order valence-electron chi connectivity index (χ0n) is 12.5. The third-order valence-corrected chi connectivity index (χ3v) is 3.90. The summed E-state index contributed by atoms with van der Waals surface area (Å²) in [6, 6.07) is 7.88. The van der Waals surface area contributed by atoms with Crippen molar-refractivity contribution < 1.29 is 9.53 Å². The van der Waals surface area contributed by atoms with Crippen LogP contribution in [-0.4, -0.2) is 29.6 Å². The largest absolute Gasteiger partial charge is 0.399 e. The fraction of sp³-hybridized carbons (Fsp3) is 0.562. The van der Waals surface area contributed by atoms with E-state index in [0.717, 1.165) is 17.7 Å². The highest BCUT2D eigenvalue weighted by Gasteiger charge is 2.34. The Labute approximate surface area is 120 Å². The van der Waals surface area contributed by atoms with Gasteiger partial charge in [-0.05, 0) is 44.9 Å². The normalized spacial score (nSPS) is 22.2. The Bertz CT molecular complexity index is 473. The van der Waals surface area contributed by atoms with Crippen molar-refractivity contribution in [3.05, 3.63) is 29.8 Å². The first-order chi connectivity index (χ1) is 9.49. The second-order valence-corrected chi connectivity index (χ2v) is 5.78. The first-order valence-electron chi connectivity index (χ1n) is 7.25. The van der Waals surface area contributed by atoms with Gasteiger partial charge in [-0.3, -0.25) is 4.79 Å². The number of anilines is 1. The Kier molecular flexibility index (Phi) is 4.65. The molecule has 1 aliphatic heterocycles. The monoisotopic (exact) mass is 276 g/mol. The lowest BCUT2D eigenvalue weighted by Gasteiger charge is -2.30. The van der Waals surface area contributed by atoms with E-state index in [1.54, 1.807) is 0 Å². The SMILES string of the molecule is CC1OCCC1C(=O)N(Cc1cccc(N)c1)C(C)C. The van der Waals surface area contributed by atoms with E-state index in [9.17, 15) is 4.79 Å². The number of carbonyl (C=O) groups excluding carboxylic acids is 1. The van der Waals surface area contributed by atoms with Crippen LogP contribution in [0.15, 0.2) is 24.3 Å². The molecule has 4 nitrogen and oxygen atoms in total. The fourth-order valence-corrected chi connectivity index (χ4v) is 2.67. The van der Waals surface area contributed by atoms with Gasteiger partial charge in [-0.2, -0.15) is 0 Å². The number of benzene rings is 1. The molecule has 0 spiro atoms. The van der Waals surface area contributed by atoms with Crippen molar-refractivity contribution in [1.29, 1.82) is 0 Å². The molecule has 0 bridgehead atoms. The lowest BCUT2D eigenvalue weighted by atomic mass is 9.99. The minimum Gasteiger partial charge on any atom is -0.399 e. The Morgan fingerprint density at radius 2 is 2.25 bits per heavy atom. The summed E-state index contributed by atoms with van der Waals surface area (Å²) in [6.45, 7) is 7.36. The van der Waals surface area contributed by atoms with Crippen molar-refractivity contribution in [2.45, 2.75) is 45.9 Å². The maximum absolute atomic E-state index is 12.7. The molecule has 2 unspecified atom stereocenters. The van der Waals surface area contributed by atoms with Crippen LogP contribution in [-0.2, 0) is 16.1 Å². The number of carbonyl (C=O) groups is 1. The highest BCUT2D eigenvalue weighted by molar-refractivity contribution is 5.80. The van der Waals surface area contributed by atoms with Crippen molar-refractivity contribution in [1.82, 2.24) is 4.90 Å². The average Bonchev–Trinajstić information content (AvgIpc) is 2.81. The molecule has 2 rings (SSSR count). The summed E-state index contributed by atoms with van der Waals surface area (Å²) in [7, 11) is 0. The molecule has 0 saturated carbocycles. The number of nitrogens with two attached hydrogens (primary N) is 1. The Hall–Kier alpha value is -1.55. The second-order valence-electron chi connectivity index (χ2n) is 5.78. The van der Waals surface area contributed by atoms with Crippen molar-refractivity contribution in [2.24, 2.45) is 5.92 Å². The number of ether oxygens (including phenoxy) is 1. The minimum absolute atomic E-state index is 0.0153. The second kappa shape index (κ2) is 6.27. The summed E-state index contributed by atoms with van der Waals surface area (Å²) >= 11 is 0. The number of hydrogen-bond donors (Lipinski definition) is 1. The molecule has 1 aromatic carbocycles. The van der Waals surface area contributed by atoms with Crippen LogP contribution in [0.2, 0.25) is 0 Å². The number of hydrogen-bond acceptors (Lipinski definition) is 3. The molecule has 20 heavy (non-hydrogen) atoms. The standard InChI is InChI=1S/C16H24N2O2/c1-11(2)18(10-13-5-4-6-14(17)9-13)16(19)15-7-8-20-12(15)3/h4-6,9,11-12,15H,7-8,10,17H2,1-3H3. The number of nitrogens with zero attached hydrogens (tertiary/aromatic N) is 1.